The third-order valence-corrected chi connectivity index (χ3v) is 6.31. The molecule has 2 aliphatic rings. The largest absolute Gasteiger partial charge is 0.381 e. The molecule has 0 bridgehead atoms. The summed E-state index contributed by atoms with van der Waals surface area (Å²) in [6, 6.07) is 13.9. The Morgan fingerprint density at radius 1 is 1.12 bits per heavy atom. The Morgan fingerprint density at radius 2 is 1.88 bits per heavy atom. The first-order chi connectivity index (χ1) is 12.1. The number of hydrogen-bond donors (Lipinski definition) is 1. The molecule has 1 aromatic heterocycles. The summed E-state index contributed by atoms with van der Waals surface area (Å²) in [7, 11) is 0. The van der Waals surface area contributed by atoms with Gasteiger partial charge >= 0.3 is 0 Å². The molecule has 0 aliphatic carbocycles. The average Bonchev–Trinajstić information content (AvgIpc) is 3.27. The van der Waals surface area contributed by atoms with Gasteiger partial charge in [0, 0.05) is 31.0 Å². The van der Waals surface area contributed by atoms with Crippen molar-refractivity contribution in [2.75, 3.05) is 19.8 Å². The molecule has 6 heteroatoms. The lowest BCUT2D eigenvalue weighted by Gasteiger charge is -2.32. The van der Waals surface area contributed by atoms with E-state index in [0.717, 1.165) is 6.42 Å². The lowest BCUT2D eigenvalue weighted by Crippen LogP contribution is -2.41. The molecule has 0 saturated carbocycles. The fourth-order valence-corrected chi connectivity index (χ4v) is 4.83. The second-order valence-corrected chi connectivity index (χ2v) is 7.68. The number of thiophene rings is 1. The number of ether oxygens (including phenoxy) is 1. The fourth-order valence-electron chi connectivity index (χ4n) is 4.02. The quantitative estimate of drug-likeness (QED) is 0.918. The minimum atomic E-state index is -0.489. The smallest absolute Gasteiger partial charge is 0.264 e. The number of nitrogens with two attached hydrogens (primary N) is 1. The van der Waals surface area contributed by atoms with Crippen LogP contribution in [0.3, 0.4) is 0 Å². The van der Waals surface area contributed by atoms with Gasteiger partial charge in [-0.1, -0.05) is 30.3 Å². The highest BCUT2D eigenvalue weighted by molar-refractivity contribution is 7.15. The molecule has 1 aromatic carbocycles. The summed E-state index contributed by atoms with van der Waals surface area (Å²) in [4.78, 5) is 27.3. The number of carbonyl (C=O) groups is 2. The van der Waals surface area contributed by atoms with Crippen molar-refractivity contribution in [1.29, 1.82) is 0 Å². The Labute approximate surface area is 150 Å². The van der Waals surface area contributed by atoms with E-state index in [0.29, 0.717) is 35.4 Å². The van der Waals surface area contributed by atoms with Crippen LogP contribution in [-0.2, 0) is 4.74 Å². The first-order valence-corrected chi connectivity index (χ1v) is 9.30. The summed E-state index contributed by atoms with van der Waals surface area (Å²) in [6.07, 6.45) is 0.855. The van der Waals surface area contributed by atoms with Crippen molar-refractivity contribution in [3.8, 4) is 0 Å². The maximum Gasteiger partial charge on any atom is 0.264 e. The van der Waals surface area contributed by atoms with Crippen LogP contribution >= 0.6 is 11.3 Å². The lowest BCUT2D eigenvalue weighted by molar-refractivity contribution is 0.0190. The minimum absolute atomic E-state index is 0.00664. The van der Waals surface area contributed by atoms with Crippen molar-refractivity contribution in [2.24, 2.45) is 11.7 Å². The molecule has 130 valence electrons. The molecule has 5 nitrogen and oxygen atoms in total. The van der Waals surface area contributed by atoms with Crippen LogP contribution < -0.4 is 5.73 Å². The Morgan fingerprint density at radius 3 is 2.60 bits per heavy atom. The predicted octanol–water partition coefficient (Wildman–Crippen LogP) is 2.49. The van der Waals surface area contributed by atoms with Gasteiger partial charge < -0.3 is 15.4 Å². The summed E-state index contributed by atoms with van der Waals surface area (Å²) in [5, 5.41) is 0. The molecule has 2 N–H and O–H groups in total. The van der Waals surface area contributed by atoms with E-state index in [1.807, 2.05) is 23.1 Å². The summed E-state index contributed by atoms with van der Waals surface area (Å²) in [6.45, 7) is 2.06. The van der Waals surface area contributed by atoms with Crippen LogP contribution in [0.15, 0.2) is 42.5 Å². The van der Waals surface area contributed by atoms with E-state index in [-0.39, 0.29) is 17.9 Å². The van der Waals surface area contributed by atoms with Crippen molar-refractivity contribution in [3.05, 3.63) is 57.8 Å². The van der Waals surface area contributed by atoms with Crippen LogP contribution in [0.1, 0.15) is 37.2 Å². The van der Waals surface area contributed by atoms with Crippen molar-refractivity contribution < 1.29 is 14.3 Å². The molecule has 3 unspecified atom stereocenters. The zero-order chi connectivity index (χ0) is 17.4. The topological polar surface area (TPSA) is 72.6 Å². The van der Waals surface area contributed by atoms with Crippen LogP contribution in [0.25, 0.3) is 0 Å². The lowest BCUT2D eigenvalue weighted by atomic mass is 9.84. The Balaban J connectivity index is 1.62. The highest BCUT2D eigenvalue weighted by Gasteiger charge is 2.46. The van der Waals surface area contributed by atoms with Gasteiger partial charge in [-0.2, -0.15) is 0 Å². The van der Waals surface area contributed by atoms with E-state index >= 15 is 0 Å². The second-order valence-electron chi connectivity index (χ2n) is 6.60. The fraction of sp³-hybridized carbons (Fsp3) is 0.368. The molecule has 2 aliphatic heterocycles. The number of primary amides is 1. The average molecular weight is 356 g/mol. The van der Waals surface area contributed by atoms with Gasteiger partial charge in [0.05, 0.1) is 16.4 Å². The van der Waals surface area contributed by atoms with Gasteiger partial charge in [-0.05, 0) is 24.1 Å². The molecule has 2 fully saturated rings. The number of benzene rings is 1. The van der Waals surface area contributed by atoms with E-state index < -0.39 is 5.91 Å². The SMILES string of the molecule is NC(=O)c1ccc(C(=O)N2CC(c3ccccc3)C3COCCC32)s1. The van der Waals surface area contributed by atoms with E-state index in [1.54, 1.807) is 12.1 Å². The molecule has 0 spiro atoms. The van der Waals surface area contributed by atoms with Crippen LogP contribution in [0.5, 0.6) is 0 Å². The van der Waals surface area contributed by atoms with Crippen LogP contribution in [0.4, 0.5) is 0 Å². The van der Waals surface area contributed by atoms with Crippen molar-refractivity contribution >= 4 is 23.2 Å². The number of nitrogens with zero attached hydrogens (tertiary/aromatic N) is 1. The number of likely N-dealkylation sites (tertiary alicyclic amines) is 1. The molecular formula is C19H20N2O3S. The predicted molar refractivity (Wildman–Crippen MR) is 95.8 cm³/mol. The number of amides is 2. The zero-order valence-electron chi connectivity index (χ0n) is 13.8. The summed E-state index contributed by atoms with van der Waals surface area (Å²) < 4.78 is 5.71. The van der Waals surface area contributed by atoms with Crippen LogP contribution in [-0.4, -0.2) is 42.5 Å². The standard InChI is InChI=1S/C19H20N2O3S/c20-18(22)16-6-7-17(25-16)19(23)21-10-13(12-4-2-1-3-5-12)14-11-24-9-8-15(14)21/h1-7,13-15H,8-11H2,(H2,20,22). The van der Waals surface area contributed by atoms with Gasteiger partial charge in [0.2, 0.25) is 0 Å². The van der Waals surface area contributed by atoms with Crippen molar-refractivity contribution in [1.82, 2.24) is 4.90 Å². The third-order valence-electron chi connectivity index (χ3n) is 5.22. The van der Waals surface area contributed by atoms with E-state index in [2.05, 4.69) is 12.1 Å². The third kappa shape index (κ3) is 2.96. The summed E-state index contributed by atoms with van der Waals surface area (Å²) >= 11 is 1.18. The molecule has 0 radical (unpaired) electrons. The molecule has 25 heavy (non-hydrogen) atoms. The zero-order valence-corrected chi connectivity index (χ0v) is 14.6. The van der Waals surface area contributed by atoms with E-state index in [1.165, 1.54) is 16.9 Å². The molecule has 4 rings (SSSR count). The molecule has 3 heterocycles. The first-order valence-electron chi connectivity index (χ1n) is 8.48. The van der Waals surface area contributed by atoms with Crippen LogP contribution in [0, 0.1) is 5.92 Å². The van der Waals surface area contributed by atoms with Gasteiger partial charge in [-0.3, -0.25) is 9.59 Å². The van der Waals surface area contributed by atoms with Crippen LogP contribution in [0.2, 0.25) is 0 Å². The molecule has 2 amide bonds. The Kier molecular flexibility index (Phi) is 4.31. The molecular weight excluding hydrogens is 336 g/mol. The van der Waals surface area contributed by atoms with Gasteiger partial charge in [0.15, 0.2) is 0 Å². The number of hydrogen-bond acceptors (Lipinski definition) is 4. The molecule has 2 aromatic rings. The van der Waals surface area contributed by atoms with Gasteiger partial charge in [-0.25, -0.2) is 0 Å². The maximum absolute atomic E-state index is 13.1. The number of carbonyl (C=O) groups excluding carboxylic acids is 2. The highest BCUT2D eigenvalue weighted by Crippen LogP contribution is 2.41. The minimum Gasteiger partial charge on any atom is -0.381 e. The van der Waals surface area contributed by atoms with Gasteiger partial charge in [-0.15, -0.1) is 11.3 Å². The Bertz CT molecular complexity index is 789. The maximum atomic E-state index is 13.1. The van der Waals surface area contributed by atoms with Gasteiger partial charge in [0.25, 0.3) is 11.8 Å². The van der Waals surface area contributed by atoms with E-state index in [9.17, 15) is 9.59 Å². The monoisotopic (exact) mass is 356 g/mol. The normalized spacial score (nSPS) is 25.6. The first kappa shape index (κ1) is 16.3. The van der Waals surface area contributed by atoms with E-state index in [4.69, 9.17) is 10.5 Å². The molecule has 2 saturated heterocycles. The van der Waals surface area contributed by atoms with Crippen molar-refractivity contribution in [2.45, 2.75) is 18.4 Å². The summed E-state index contributed by atoms with van der Waals surface area (Å²) in [5.74, 6) is 0.103. The Hall–Kier alpha value is -2.18. The second kappa shape index (κ2) is 6.61. The van der Waals surface area contributed by atoms with Gasteiger partial charge in [0.1, 0.15) is 0 Å². The molecule has 3 atom stereocenters. The highest BCUT2D eigenvalue weighted by atomic mass is 32.1. The van der Waals surface area contributed by atoms with Crippen molar-refractivity contribution in [3.63, 3.8) is 0 Å². The summed E-state index contributed by atoms with van der Waals surface area (Å²) in [5.41, 5.74) is 6.57. The number of fused-ring (bicyclic) bond motifs is 1. The number of rotatable bonds is 3.